The van der Waals surface area contributed by atoms with Gasteiger partial charge in [0, 0.05) is 36.3 Å². The van der Waals surface area contributed by atoms with E-state index < -0.39 is 0 Å². The number of rotatable bonds is 8. The van der Waals surface area contributed by atoms with Crippen molar-refractivity contribution >= 4 is 17.5 Å². The number of aromatic nitrogens is 2. The lowest BCUT2D eigenvalue weighted by atomic mass is 10.1. The average Bonchev–Trinajstić information content (AvgIpc) is 2.76. The first-order chi connectivity index (χ1) is 15.0. The molecule has 0 aliphatic carbocycles. The van der Waals surface area contributed by atoms with Crippen molar-refractivity contribution in [3.63, 3.8) is 0 Å². The predicted molar refractivity (Wildman–Crippen MR) is 118 cm³/mol. The lowest BCUT2D eigenvalue weighted by Gasteiger charge is -2.10. The molecule has 8 heteroatoms. The molecule has 1 heterocycles. The number of amides is 2. The molecule has 0 saturated carbocycles. The maximum atomic E-state index is 12.3. The topological polar surface area (TPSA) is 102 Å². The van der Waals surface area contributed by atoms with Crippen LogP contribution in [0.25, 0.3) is 11.3 Å². The zero-order valence-corrected chi connectivity index (χ0v) is 17.4. The summed E-state index contributed by atoms with van der Waals surface area (Å²) in [7, 11) is 0. The predicted octanol–water partition coefficient (Wildman–Crippen LogP) is 2.70. The zero-order valence-electron chi connectivity index (χ0n) is 17.4. The molecular weight excluding hydrogens is 396 g/mol. The molecule has 0 fully saturated rings. The number of hydrogen-bond donors (Lipinski definition) is 2. The summed E-state index contributed by atoms with van der Waals surface area (Å²) in [6, 6.07) is 17.2. The minimum Gasteiger partial charge on any atom is -0.494 e. The molecule has 1 aromatic heterocycles. The van der Waals surface area contributed by atoms with Gasteiger partial charge in [0.05, 0.1) is 18.8 Å². The first-order valence-corrected chi connectivity index (χ1v) is 9.93. The Morgan fingerprint density at radius 3 is 2.35 bits per heavy atom. The fourth-order valence-electron chi connectivity index (χ4n) is 2.94. The number of ether oxygens (including phenoxy) is 1. The second-order valence-corrected chi connectivity index (χ2v) is 6.75. The average molecular weight is 420 g/mol. The van der Waals surface area contributed by atoms with E-state index in [2.05, 4.69) is 15.7 Å². The normalized spacial score (nSPS) is 10.4. The number of benzene rings is 2. The summed E-state index contributed by atoms with van der Waals surface area (Å²) < 4.78 is 6.77. The van der Waals surface area contributed by atoms with Crippen LogP contribution in [-0.2, 0) is 11.3 Å². The Morgan fingerprint density at radius 1 is 1.00 bits per heavy atom. The number of carbonyl (C=O) groups is 2. The molecule has 0 aliphatic rings. The Balaban J connectivity index is 1.61. The molecule has 3 aromatic rings. The van der Waals surface area contributed by atoms with Gasteiger partial charge in [-0.25, -0.2) is 4.68 Å². The van der Waals surface area contributed by atoms with E-state index in [9.17, 15) is 14.4 Å². The highest BCUT2D eigenvalue weighted by atomic mass is 16.5. The minimum absolute atomic E-state index is 0.178. The van der Waals surface area contributed by atoms with Crippen molar-refractivity contribution in [1.82, 2.24) is 15.1 Å². The molecule has 0 saturated heterocycles. The van der Waals surface area contributed by atoms with Gasteiger partial charge in [0.25, 0.3) is 11.5 Å². The Morgan fingerprint density at radius 2 is 1.71 bits per heavy atom. The Labute approximate surface area is 179 Å². The van der Waals surface area contributed by atoms with E-state index in [0.29, 0.717) is 23.6 Å². The first kappa shape index (κ1) is 21.8. The Kier molecular flexibility index (Phi) is 7.16. The molecule has 0 atom stereocenters. The van der Waals surface area contributed by atoms with E-state index in [1.807, 2.05) is 31.2 Å². The monoisotopic (exact) mass is 420 g/mol. The Bertz CT molecular complexity index is 1110. The van der Waals surface area contributed by atoms with Crippen molar-refractivity contribution in [2.75, 3.05) is 18.5 Å². The van der Waals surface area contributed by atoms with Gasteiger partial charge in [0.1, 0.15) is 5.75 Å². The molecule has 2 N–H and O–H groups in total. The largest absolute Gasteiger partial charge is 0.494 e. The van der Waals surface area contributed by atoms with Crippen LogP contribution in [0, 0.1) is 0 Å². The quantitative estimate of drug-likeness (QED) is 0.583. The van der Waals surface area contributed by atoms with Crippen LogP contribution in [0.2, 0.25) is 0 Å². The van der Waals surface area contributed by atoms with Gasteiger partial charge in [-0.05, 0) is 61.5 Å². The number of nitrogens with zero attached hydrogens (tertiary/aromatic N) is 2. The number of carbonyl (C=O) groups excluding carboxylic acids is 2. The number of hydrogen-bond acceptors (Lipinski definition) is 5. The highest BCUT2D eigenvalue weighted by Crippen LogP contribution is 2.19. The molecule has 31 heavy (non-hydrogen) atoms. The molecule has 160 valence electrons. The van der Waals surface area contributed by atoms with E-state index in [-0.39, 0.29) is 30.5 Å². The van der Waals surface area contributed by atoms with E-state index in [4.69, 9.17) is 4.74 Å². The van der Waals surface area contributed by atoms with E-state index in [1.54, 1.807) is 30.3 Å². The van der Waals surface area contributed by atoms with Crippen LogP contribution < -0.4 is 20.9 Å². The molecule has 0 spiro atoms. The molecule has 0 unspecified atom stereocenters. The fraction of sp³-hybridized carbons (Fsp3) is 0.217. The van der Waals surface area contributed by atoms with Gasteiger partial charge in [-0.3, -0.25) is 14.4 Å². The Hall–Kier alpha value is -3.94. The van der Waals surface area contributed by atoms with Gasteiger partial charge in [-0.15, -0.1) is 0 Å². The summed E-state index contributed by atoms with van der Waals surface area (Å²) in [6.45, 7) is 4.41. The maximum Gasteiger partial charge on any atom is 0.266 e. The van der Waals surface area contributed by atoms with Gasteiger partial charge >= 0.3 is 0 Å². The minimum atomic E-state index is -0.273. The lowest BCUT2D eigenvalue weighted by Crippen LogP contribution is -2.31. The van der Waals surface area contributed by atoms with Crippen molar-refractivity contribution in [1.29, 1.82) is 0 Å². The third-order valence-corrected chi connectivity index (χ3v) is 4.40. The van der Waals surface area contributed by atoms with Crippen LogP contribution in [0.3, 0.4) is 0 Å². The van der Waals surface area contributed by atoms with Gasteiger partial charge in [-0.1, -0.05) is 0 Å². The van der Waals surface area contributed by atoms with Crippen molar-refractivity contribution in [2.45, 2.75) is 20.4 Å². The molecule has 0 radical (unpaired) electrons. The summed E-state index contributed by atoms with van der Waals surface area (Å²) >= 11 is 0. The van der Waals surface area contributed by atoms with E-state index >= 15 is 0 Å². The lowest BCUT2D eigenvalue weighted by molar-refractivity contribution is -0.114. The first-order valence-electron chi connectivity index (χ1n) is 9.93. The summed E-state index contributed by atoms with van der Waals surface area (Å²) in [5, 5.41) is 9.82. The second kappa shape index (κ2) is 10.2. The highest BCUT2D eigenvalue weighted by molar-refractivity contribution is 5.95. The van der Waals surface area contributed by atoms with Crippen molar-refractivity contribution in [3.8, 4) is 17.0 Å². The third-order valence-electron chi connectivity index (χ3n) is 4.40. The molecule has 8 nitrogen and oxygen atoms in total. The van der Waals surface area contributed by atoms with Gasteiger partial charge in [0.2, 0.25) is 5.91 Å². The molecule has 2 aromatic carbocycles. The fourth-order valence-corrected chi connectivity index (χ4v) is 2.94. The van der Waals surface area contributed by atoms with Crippen molar-refractivity contribution in [2.24, 2.45) is 0 Å². The summed E-state index contributed by atoms with van der Waals surface area (Å²) in [5.74, 6) is 0.320. The van der Waals surface area contributed by atoms with Gasteiger partial charge < -0.3 is 15.4 Å². The van der Waals surface area contributed by atoms with Crippen LogP contribution in [0.15, 0.2) is 65.5 Å². The maximum absolute atomic E-state index is 12.3. The molecule has 0 aliphatic heterocycles. The number of nitrogens with one attached hydrogen (secondary N) is 2. The molecule has 2 amide bonds. The summed E-state index contributed by atoms with van der Waals surface area (Å²) in [6.07, 6.45) is 0. The van der Waals surface area contributed by atoms with E-state index in [1.165, 1.54) is 17.7 Å². The zero-order chi connectivity index (χ0) is 22.2. The van der Waals surface area contributed by atoms with Gasteiger partial charge in [0.15, 0.2) is 0 Å². The van der Waals surface area contributed by atoms with E-state index in [0.717, 1.165) is 11.3 Å². The van der Waals surface area contributed by atoms with Crippen molar-refractivity contribution < 1.29 is 14.3 Å². The van der Waals surface area contributed by atoms with Crippen LogP contribution in [0.5, 0.6) is 5.75 Å². The standard InChI is InChI=1S/C23H24N4O4/c1-3-31-20-10-6-17(7-11-20)21-12-13-22(29)27(26-21)15-14-24-23(30)18-4-8-19(9-5-18)25-16(2)28/h4-13H,3,14-15H2,1-2H3,(H,24,30)(H,25,28). The number of anilines is 1. The third kappa shape index (κ3) is 6.02. The SMILES string of the molecule is CCOc1ccc(-c2ccc(=O)n(CCNC(=O)c3ccc(NC(C)=O)cc3)n2)cc1. The summed E-state index contributed by atoms with van der Waals surface area (Å²) in [5.41, 5.74) is 2.34. The summed E-state index contributed by atoms with van der Waals surface area (Å²) in [4.78, 5) is 35.5. The second-order valence-electron chi connectivity index (χ2n) is 6.75. The van der Waals surface area contributed by atoms with Crippen LogP contribution >= 0.6 is 0 Å². The molecule has 3 rings (SSSR count). The smallest absolute Gasteiger partial charge is 0.266 e. The highest BCUT2D eigenvalue weighted by Gasteiger charge is 2.07. The molecular formula is C23H24N4O4. The van der Waals surface area contributed by atoms with Gasteiger partial charge in [-0.2, -0.15) is 5.10 Å². The van der Waals surface area contributed by atoms with Crippen LogP contribution in [0.1, 0.15) is 24.2 Å². The van der Waals surface area contributed by atoms with Crippen LogP contribution in [-0.4, -0.2) is 34.7 Å². The molecule has 0 bridgehead atoms. The van der Waals surface area contributed by atoms with Crippen molar-refractivity contribution in [3.05, 3.63) is 76.6 Å². The van der Waals surface area contributed by atoms with Crippen LogP contribution in [0.4, 0.5) is 5.69 Å².